The van der Waals surface area contributed by atoms with Crippen molar-refractivity contribution < 1.29 is 0 Å². The van der Waals surface area contributed by atoms with Gasteiger partial charge in [0.15, 0.2) is 5.69 Å². The van der Waals surface area contributed by atoms with Gasteiger partial charge in [-0.15, -0.1) is 0 Å². The van der Waals surface area contributed by atoms with Crippen molar-refractivity contribution in [3.63, 3.8) is 0 Å². The smallest absolute Gasteiger partial charge is 0.173 e. The van der Waals surface area contributed by atoms with Crippen LogP contribution in [0.15, 0.2) is 28.9 Å². The average Bonchev–Trinajstić information content (AvgIpc) is 2.57. The van der Waals surface area contributed by atoms with E-state index in [0.29, 0.717) is 21.1 Å². The second-order valence-electron chi connectivity index (χ2n) is 3.23. The summed E-state index contributed by atoms with van der Waals surface area (Å²) in [7, 11) is 1.83. The van der Waals surface area contributed by atoms with Crippen LogP contribution in [0.25, 0.3) is 11.4 Å². The maximum absolute atomic E-state index is 8.88. The molecule has 0 spiro atoms. The van der Waals surface area contributed by atoms with Crippen LogP contribution in [-0.4, -0.2) is 9.55 Å². The van der Waals surface area contributed by atoms with Gasteiger partial charge in [-0.05, 0) is 28.1 Å². The minimum Gasteiger partial charge on any atom is -0.321 e. The van der Waals surface area contributed by atoms with Crippen LogP contribution in [0, 0.1) is 11.3 Å². The van der Waals surface area contributed by atoms with E-state index in [1.807, 2.05) is 31.3 Å². The lowest BCUT2D eigenvalue weighted by Gasteiger charge is -2.03. The molecule has 0 saturated carbocycles. The topological polar surface area (TPSA) is 41.6 Å². The van der Waals surface area contributed by atoms with Crippen LogP contribution in [-0.2, 0) is 7.05 Å². The lowest BCUT2D eigenvalue weighted by molar-refractivity contribution is 0.901. The zero-order valence-electron chi connectivity index (χ0n) is 8.41. The van der Waals surface area contributed by atoms with Gasteiger partial charge in [-0.3, -0.25) is 0 Å². The van der Waals surface area contributed by atoms with Gasteiger partial charge in [0.05, 0.1) is 5.02 Å². The molecule has 1 aromatic heterocycles. The van der Waals surface area contributed by atoms with Crippen molar-refractivity contribution in [2.24, 2.45) is 7.05 Å². The van der Waals surface area contributed by atoms with Gasteiger partial charge in [-0.25, -0.2) is 4.98 Å². The fraction of sp³-hybridized carbons (Fsp3) is 0.0909. The molecule has 0 unspecified atom stereocenters. The van der Waals surface area contributed by atoms with Crippen molar-refractivity contribution in [2.45, 2.75) is 0 Å². The molecule has 0 aliphatic heterocycles. The number of halogens is 2. The van der Waals surface area contributed by atoms with Crippen molar-refractivity contribution in [1.82, 2.24) is 9.55 Å². The first-order chi connectivity index (χ1) is 7.65. The van der Waals surface area contributed by atoms with Crippen LogP contribution in [0.5, 0.6) is 0 Å². The molecule has 2 aromatic rings. The Kier molecular flexibility index (Phi) is 2.99. The molecule has 0 aliphatic rings. The number of nitriles is 1. The lowest BCUT2D eigenvalue weighted by atomic mass is 10.2. The van der Waals surface area contributed by atoms with E-state index in [2.05, 4.69) is 20.9 Å². The summed E-state index contributed by atoms with van der Waals surface area (Å²) >= 11 is 9.40. The first kappa shape index (κ1) is 11.2. The van der Waals surface area contributed by atoms with Crippen molar-refractivity contribution in [2.75, 3.05) is 0 Å². The Balaban J connectivity index is 2.67. The Hall–Kier alpha value is -1.31. The molecule has 1 heterocycles. The standard InChI is InChI=1S/C11H7BrClN3/c1-16-10(12)9(6-14)15-11(16)7-4-2-3-5-8(7)13/h2-5H,1H3. The highest BCUT2D eigenvalue weighted by molar-refractivity contribution is 9.10. The van der Waals surface area contributed by atoms with E-state index in [1.54, 1.807) is 10.6 Å². The molecule has 0 bridgehead atoms. The largest absolute Gasteiger partial charge is 0.321 e. The van der Waals surface area contributed by atoms with E-state index in [9.17, 15) is 0 Å². The molecule has 2 rings (SSSR count). The molecule has 3 nitrogen and oxygen atoms in total. The van der Waals surface area contributed by atoms with Crippen molar-refractivity contribution in [3.8, 4) is 17.5 Å². The second kappa shape index (κ2) is 4.28. The quantitative estimate of drug-likeness (QED) is 0.809. The number of nitrogens with zero attached hydrogens (tertiary/aromatic N) is 3. The van der Waals surface area contributed by atoms with Crippen LogP contribution >= 0.6 is 27.5 Å². The second-order valence-corrected chi connectivity index (χ2v) is 4.38. The highest BCUT2D eigenvalue weighted by Gasteiger charge is 2.15. The summed E-state index contributed by atoms with van der Waals surface area (Å²) in [5.41, 5.74) is 1.17. The summed E-state index contributed by atoms with van der Waals surface area (Å²) < 4.78 is 2.45. The van der Waals surface area contributed by atoms with Gasteiger partial charge in [0.25, 0.3) is 0 Å². The normalized spacial score (nSPS) is 10.1. The monoisotopic (exact) mass is 295 g/mol. The van der Waals surface area contributed by atoms with E-state index in [1.165, 1.54) is 0 Å². The summed E-state index contributed by atoms with van der Waals surface area (Å²) in [5, 5.41) is 9.50. The maximum Gasteiger partial charge on any atom is 0.173 e. The molecular formula is C11H7BrClN3. The Labute approximate surface area is 106 Å². The van der Waals surface area contributed by atoms with Gasteiger partial charge < -0.3 is 4.57 Å². The lowest BCUT2D eigenvalue weighted by Crippen LogP contribution is -1.93. The average molecular weight is 297 g/mol. The van der Waals surface area contributed by atoms with Crippen LogP contribution in [0.2, 0.25) is 5.02 Å². The number of aromatic nitrogens is 2. The number of hydrogen-bond donors (Lipinski definition) is 0. The highest BCUT2D eigenvalue weighted by atomic mass is 79.9. The summed E-state index contributed by atoms with van der Waals surface area (Å²) in [5.74, 6) is 0.675. The maximum atomic E-state index is 8.88. The number of imidazole rings is 1. The number of rotatable bonds is 1. The van der Waals surface area contributed by atoms with Gasteiger partial charge in [0.1, 0.15) is 16.5 Å². The minimum atomic E-state index is 0.359. The Morgan fingerprint density at radius 3 is 2.69 bits per heavy atom. The van der Waals surface area contributed by atoms with Gasteiger partial charge in [-0.1, -0.05) is 23.7 Å². The molecular weight excluding hydrogens is 289 g/mol. The van der Waals surface area contributed by atoms with Crippen molar-refractivity contribution in [1.29, 1.82) is 5.26 Å². The molecule has 1 aromatic carbocycles. The fourth-order valence-electron chi connectivity index (χ4n) is 1.43. The van der Waals surface area contributed by atoms with Crippen LogP contribution in [0.4, 0.5) is 0 Å². The third-order valence-corrected chi connectivity index (χ3v) is 3.48. The molecule has 5 heteroatoms. The van der Waals surface area contributed by atoms with Crippen LogP contribution in [0.3, 0.4) is 0 Å². The predicted molar refractivity (Wildman–Crippen MR) is 66.1 cm³/mol. The Morgan fingerprint density at radius 2 is 2.12 bits per heavy atom. The summed E-state index contributed by atoms with van der Waals surface area (Å²) in [6.45, 7) is 0. The predicted octanol–water partition coefficient (Wildman–Crippen LogP) is 3.37. The highest BCUT2D eigenvalue weighted by Crippen LogP contribution is 2.29. The van der Waals surface area contributed by atoms with Gasteiger partial charge in [0, 0.05) is 12.6 Å². The van der Waals surface area contributed by atoms with Gasteiger partial charge in [0.2, 0.25) is 0 Å². The van der Waals surface area contributed by atoms with Gasteiger partial charge in [-0.2, -0.15) is 5.26 Å². The molecule has 0 atom stereocenters. The van der Waals surface area contributed by atoms with Crippen LogP contribution in [0.1, 0.15) is 5.69 Å². The first-order valence-electron chi connectivity index (χ1n) is 4.52. The third kappa shape index (κ3) is 1.73. The Bertz CT molecular complexity index is 583. The van der Waals surface area contributed by atoms with Crippen molar-refractivity contribution in [3.05, 3.63) is 39.6 Å². The number of benzene rings is 1. The fourth-order valence-corrected chi connectivity index (χ4v) is 2.00. The summed E-state index contributed by atoms with van der Waals surface area (Å²) in [6.07, 6.45) is 0. The van der Waals surface area contributed by atoms with E-state index in [4.69, 9.17) is 16.9 Å². The SMILES string of the molecule is Cn1c(-c2ccccc2Cl)nc(C#N)c1Br. The molecule has 0 fully saturated rings. The zero-order chi connectivity index (χ0) is 11.7. The summed E-state index contributed by atoms with van der Waals surface area (Å²) in [4.78, 5) is 4.23. The minimum absolute atomic E-state index is 0.359. The Morgan fingerprint density at radius 1 is 1.44 bits per heavy atom. The zero-order valence-corrected chi connectivity index (χ0v) is 10.7. The summed E-state index contributed by atoms with van der Waals surface area (Å²) in [6, 6.07) is 9.44. The molecule has 0 N–H and O–H groups in total. The first-order valence-corrected chi connectivity index (χ1v) is 5.69. The van der Waals surface area contributed by atoms with E-state index in [-0.39, 0.29) is 0 Å². The van der Waals surface area contributed by atoms with E-state index >= 15 is 0 Å². The van der Waals surface area contributed by atoms with Gasteiger partial charge >= 0.3 is 0 Å². The van der Waals surface area contributed by atoms with Crippen LogP contribution < -0.4 is 0 Å². The van der Waals surface area contributed by atoms with E-state index in [0.717, 1.165) is 5.56 Å². The molecule has 0 aliphatic carbocycles. The molecule has 80 valence electrons. The number of hydrogen-bond acceptors (Lipinski definition) is 2. The molecule has 16 heavy (non-hydrogen) atoms. The molecule has 0 saturated heterocycles. The molecule has 0 radical (unpaired) electrons. The van der Waals surface area contributed by atoms with E-state index < -0.39 is 0 Å². The third-order valence-electron chi connectivity index (χ3n) is 2.25. The molecule has 0 amide bonds. The van der Waals surface area contributed by atoms with Crippen molar-refractivity contribution >= 4 is 27.5 Å².